The lowest BCUT2D eigenvalue weighted by Gasteiger charge is -2.10. The Morgan fingerprint density at radius 3 is 3.00 bits per heavy atom. The number of thiazole rings is 1. The summed E-state index contributed by atoms with van der Waals surface area (Å²) in [4.78, 5) is 9.43. The minimum atomic E-state index is 0.757. The summed E-state index contributed by atoms with van der Waals surface area (Å²) in [6.45, 7) is 0. The number of benzene rings is 1. The van der Waals surface area contributed by atoms with Gasteiger partial charge in [-0.1, -0.05) is 11.3 Å². The third-order valence-electron chi connectivity index (χ3n) is 1.94. The van der Waals surface area contributed by atoms with Crippen molar-refractivity contribution in [2.45, 2.75) is 0 Å². The van der Waals surface area contributed by atoms with Crippen molar-refractivity contribution in [1.82, 2.24) is 4.98 Å². The van der Waals surface area contributed by atoms with Crippen LogP contribution in [-0.2, 0) is 4.84 Å². The van der Waals surface area contributed by atoms with E-state index >= 15 is 0 Å². The summed E-state index contributed by atoms with van der Waals surface area (Å²) in [6, 6.07) is 5.67. The van der Waals surface area contributed by atoms with Gasteiger partial charge < -0.3 is 5.73 Å². The summed E-state index contributed by atoms with van der Waals surface area (Å²) in [5, 5.41) is 2.45. The number of hydroxylamine groups is 1. The molecule has 0 unspecified atom stereocenters. The average molecular weight is 209 g/mol. The van der Waals surface area contributed by atoms with E-state index in [4.69, 9.17) is 10.6 Å². The van der Waals surface area contributed by atoms with Gasteiger partial charge in [-0.15, -0.1) is 0 Å². The predicted molar refractivity (Wildman–Crippen MR) is 59.4 cm³/mol. The second-order valence-corrected chi connectivity index (χ2v) is 3.91. The summed E-state index contributed by atoms with van der Waals surface area (Å²) in [7, 11) is 3.43. The van der Waals surface area contributed by atoms with Crippen LogP contribution < -0.4 is 10.8 Å². The van der Waals surface area contributed by atoms with Crippen molar-refractivity contribution in [3.05, 3.63) is 18.2 Å². The molecule has 0 radical (unpaired) electrons. The lowest BCUT2D eigenvalue weighted by Crippen LogP contribution is -2.13. The van der Waals surface area contributed by atoms with Gasteiger partial charge in [0.1, 0.15) is 0 Å². The molecule has 4 nitrogen and oxygen atoms in total. The quantitative estimate of drug-likeness (QED) is 0.606. The van der Waals surface area contributed by atoms with Crippen molar-refractivity contribution in [2.75, 3.05) is 25.0 Å². The van der Waals surface area contributed by atoms with Crippen LogP contribution >= 0.6 is 11.3 Å². The molecule has 1 heterocycles. The SMILES string of the molecule is CON(C)c1nc2ccc(N)cc2s1. The number of nitrogens with zero attached hydrogens (tertiary/aromatic N) is 2. The number of fused-ring (bicyclic) bond motifs is 1. The first-order valence-electron chi connectivity index (χ1n) is 4.14. The number of anilines is 2. The lowest BCUT2D eigenvalue weighted by molar-refractivity contribution is 0.184. The van der Waals surface area contributed by atoms with Crippen molar-refractivity contribution in [1.29, 1.82) is 0 Å². The van der Waals surface area contributed by atoms with Gasteiger partial charge in [-0.05, 0) is 18.2 Å². The monoisotopic (exact) mass is 209 g/mol. The van der Waals surface area contributed by atoms with Crippen LogP contribution in [0.5, 0.6) is 0 Å². The highest BCUT2D eigenvalue weighted by Crippen LogP contribution is 2.29. The van der Waals surface area contributed by atoms with E-state index < -0.39 is 0 Å². The summed E-state index contributed by atoms with van der Waals surface area (Å²) in [6.07, 6.45) is 0. The molecule has 74 valence electrons. The Morgan fingerprint density at radius 2 is 2.29 bits per heavy atom. The molecule has 2 rings (SSSR count). The van der Waals surface area contributed by atoms with Crippen LogP contribution in [0.3, 0.4) is 0 Å². The number of nitrogens with two attached hydrogens (primary N) is 1. The maximum absolute atomic E-state index is 5.68. The lowest BCUT2D eigenvalue weighted by atomic mass is 10.3. The smallest absolute Gasteiger partial charge is 0.210 e. The van der Waals surface area contributed by atoms with E-state index in [1.54, 1.807) is 23.5 Å². The van der Waals surface area contributed by atoms with Gasteiger partial charge in [0.05, 0.1) is 17.3 Å². The van der Waals surface area contributed by atoms with Crippen molar-refractivity contribution >= 4 is 32.4 Å². The molecule has 0 amide bonds. The highest BCUT2D eigenvalue weighted by Gasteiger charge is 2.07. The van der Waals surface area contributed by atoms with Gasteiger partial charge in [-0.3, -0.25) is 4.84 Å². The van der Waals surface area contributed by atoms with Crippen LogP contribution in [0.25, 0.3) is 10.2 Å². The molecule has 14 heavy (non-hydrogen) atoms. The molecule has 0 spiro atoms. The van der Waals surface area contributed by atoms with Crippen LogP contribution in [0, 0.1) is 0 Å². The maximum Gasteiger partial charge on any atom is 0.210 e. The van der Waals surface area contributed by atoms with E-state index in [0.29, 0.717) is 0 Å². The minimum Gasteiger partial charge on any atom is -0.399 e. The standard InChI is InChI=1S/C9H11N3OS/c1-12(13-2)9-11-7-4-3-6(10)5-8(7)14-9/h3-5H,10H2,1-2H3. The summed E-state index contributed by atoms with van der Waals surface area (Å²) in [5.74, 6) is 0. The zero-order chi connectivity index (χ0) is 10.1. The molecule has 0 aliphatic carbocycles. The van der Waals surface area contributed by atoms with Gasteiger partial charge >= 0.3 is 0 Å². The minimum absolute atomic E-state index is 0.757. The number of rotatable bonds is 2. The first kappa shape index (κ1) is 9.23. The Labute approximate surface area is 85.9 Å². The molecule has 1 aromatic carbocycles. The molecule has 0 aliphatic rings. The number of nitrogen functional groups attached to an aromatic ring is 1. The third kappa shape index (κ3) is 1.51. The fourth-order valence-electron chi connectivity index (χ4n) is 1.14. The molecule has 0 saturated carbocycles. The predicted octanol–water partition coefficient (Wildman–Crippen LogP) is 1.88. The molecule has 2 aromatic rings. The molecule has 2 N–H and O–H groups in total. The van der Waals surface area contributed by atoms with Gasteiger partial charge in [-0.25, -0.2) is 10.0 Å². The highest BCUT2D eigenvalue weighted by atomic mass is 32.1. The zero-order valence-electron chi connectivity index (χ0n) is 8.02. The fourth-order valence-corrected chi connectivity index (χ4v) is 2.10. The first-order valence-corrected chi connectivity index (χ1v) is 4.96. The molecule has 0 bridgehead atoms. The van der Waals surface area contributed by atoms with E-state index in [1.165, 1.54) is 0 Å². The van der Waals surface area contributed by atoms with Gasteiger partial charge in [0.25, 0.3) is 0 Å². The van der Waals surface area contributed by atoms with Gasteiger partial charge in [0, 0.05) is 12.7 Å². The Hall–Kier alpha value is -1.33. The van der Waals surface area contributed by atoms with Crippen LogP contribution in [-0.4, -0.2) is 19.1 Å². The molecule has 1 aromatic heterocycles. The Balaban J connectivity index is 2.51. The van der Waals surface area contributed by atoms with E-state index in [2.05, 4.69) is 4.98 Å². The maximum atomic E-state index is 5.68. The number of hydrogen-bond acceptors (Lipinski definition) is 5. The number of hydrogen-bond donors (Lipinski definition) is 1. The van der Waals surface area contributed by atoms with Crippen LogP contribution in [0.2, 0.25) is 0 Å². The summed E-state index contributed by atoms with van der Waals surface area (Å²) < 4.78 is 1.07. The highest BCUT2D eigenvalue weighted by molar-refractivity contribution is 7.22. The van der Waals surface area contributed by atoms with E-state index in [-0.39, 0.29) is 0 Å². The van der Waals surface area contributed by atoms with Crippen molar-refractivity contribution in [3.63, 3.8) is 0 Å². The average Bonchev–Trinajstić information content (AvgIpc) is 2.59. The molecule has 0 saturated heterocycles. The molecular formula is C9H11N3OS. The summed E-state index contributed by atoms with van der Waals surface area (Å²) in [5.41, 5.74) is 7.38. The van der Waals surface area contributed by atoms with Crippen molar-refractivity contribution < 1.29 is 4.84 Å². The van der Waals surface area contributed by atoms with E-state index in [9.17, 15) is 0 Å². The Morgan fingerprint density at radius 1 is 1.50 bits per heavy atom. The third-order valence-corrected chi connectivity index (χ3v) is 3.02. The molecule has 0 atom stereocenters. The fraction of sp³-hybridized carbons (Fsp3) is 0.222. The van der Waals surface area contributed by atoms with E-state index in [0.717, 1.165) is 21.0 Å². The molecular weight excluding hydrogens is 198 g/mol. The summed E-state index contributed by atoms with van der Waals surface area (Å²) >= 11 is 1.55. The van der Waals surface area contributed by atoms with Gasteiger partial charge in [-0.2, -0.15) is 0 Å². The zero-order valence-corrected chi connectivity index (χ0v) is 8.84. The van der Waals surface area contributed by atoms with Crippen molar-refractivity contribution in [3.8, 4) is 0 Å². The van der Waals surface area contributed by atoms with Crippen LogP contribution in [0.1, 0.15) is 0 Å². The first-order chi connectivity index (χ1) is 6.70. The van der Waals surface area contributed by atoms with Crippen LogP contribution in [0.4, 0.5) is 10.8 Å². The van der Waals surface area contributed by atoms with Crippen molar-refractivity contribution in [2.24, 2.45) is 0 Å². The molecule has 0 aliphatic heterocycles. The number of aromatic nitrogens is 1. The largest absolute Gasteiger partial charge is 0.399 e. The van der Waals surface area contributed by atoms with Gasteiger partial charge in [0.15, 0.2) is 0 Å². The van der Waals surface area contributed by atoms with Gasteiger partial charge in [0.2, 0.25) is 5.13 Å². The van der Waals surface area contributed by atoms with Crippen LogP contribution in [0.15, 0.2) is 18.2 Å². The second-order valence-electron chi connectivity index (χ2n) is 2.90. The molecule has 5 heteroatoms. The Bertz CT molecular complexity index is 454. The Kier molecular flexibility index (Phi) is 2.26. The topological polar surface area (TPSA) is 51.4 Å². The molecule has 0 fully saturated rings. The normalized spacial score (nSPS) is 10.7. The van der Waals surface area contributed by atoms with E-state index in [1.807, 2.05) is 25.2 Å². The second kappa shape index (κ2) is 3.43.